The molecule has 0 saturated carbocycles. The highest BCUT2D eigenvalue weighted by molar-refractivity contribution is 6.82. The van der Waals surface area contributed by atoms with Gasteiger partial charge in [-0.15, -0.1) is 0 Å². The molecule has 1 aliphatic carbocycles. The summed E-state index contributed by atoms with van der Waals surface area (Å²) in [7, 11) is -1.65. The van der Waals surface area contributed by atoms with Crippen molar-refractivity contribution >= 4 is 13.9 Å². The van der Waals surface area contributed by atoms with Crippen LogP contribution in [0, 0.1) is 13.8 Å². The molecule has 0 fully saturated rings. The smallest absolute Gasteiger partial charge is 0.158 e. The molecule has 124 valence electrons. The highest BCUT2D eigenvalue weighted by Gasteiger charge is 2.32. The number of aryl methyl sites for hydroxylation is 2. The third-order valence-corrected chi connectivity index (χ3v) is 7.84. The minimum atomic E-state index is -1.65. The first kappa shape index (κ1) is 16.8. The van der Waals surface area contributed by atoms with Crippen molar-refractivity contribution in [2.75, 3.05) is 4.98 Å². The first-order valence-corrected chi connectivity index (χ1v) is 11.8. The number of hydrogen-bond donors (Lipinski definition) is 1. The van der Waals surface area contributed by atoms with Crippen LogP contribution >= 0.6 is 0 Å². The van der Waals surface area contributed by atoms with E-state index in [2.05, 4.69) is 98.7 Å². The van der Waals surface area contributed by atoms with Gasteiger partial charge in [-0.1, -0.05) is 79.9 Å². The SMILES string of the molecule is Cc1cccc(C)c1N[Si](C)(C)C1C=CC(Cc2ccccc2)=C1. The van der Waals surface area contributed by atoms with Crippen LogP contribution in [0.1, 0.15) is 16.7 Å². The predicted molar refractivity (Wildman–Crippen MR) is 108 cm³/mol. The van der Waals surface area contributed by atoms with Crippen molar-refractivity contribution < 1.29 is 0 Å². The number of benzene rings is 2. The second kappa shape index (κ2) is 6.82. The summed E-state index contributed by atoms with van der Waals surface area (Å²) in [6.45, 7) is 9.24. The van der Waals surface area contributed by atoms with E-state index in [1.807, 2.05) is 0 Å². The van der Waals surface area contributed by atoms with Crippen molar-refractivity contribution in [3.8, 4) is 0 Å². The number of hydrogen-bond acceptors (Lipinski definition) is 1. The Morgan fingerprint density at radius 1 is 0.917 bits per heavy atom. The van der Waals surface area contributed by atoms with Crippen molar-refractivity contribution in [1.82, 2.24) is 0 Å². The Kier molecular flexibility index (Phi) is 4.77. The molecule has 0 amide bonds. The van der Waals surface area contributed by atoms with Crippen LogP contribution in [0.3, 0.4) is 0 Å². The van der Waals surface area contributed by atoms with E-state index in [-0.39, 0.29) is 0 Å². The van der Waals surface area contributed by atoms with E-state index in [4.69, 9.17) is 0 Å². The number of allylic oxidation sites excluding steroid dienone is 4. The van der Waals surface area contributed by atoms with Gasteiger partial charge in [-0.2, -0.15) is 0 Å². The summed E-state index contributed by atoms with van der Waals surface area (Å²) >= 11 is 0. The molecule has 3 rings (SSSR count). The summed E-state index contributed by atoms with van der Waals surface area (Å²) in [5.74, 6) is 0. The maximum Gasteiger partial charge on any atom is 0.158 e. The van der Waals surface area contributed by atoms with Crippen molar-refractivity contribution in [1.29, 1.82) is 0 Å². The van der Waals surface area contributed by atoms with Gasteiger partial charge in [0.15, 0.2) is 8.24 Å². The molecule has 2 aromatic carbocycles. The van der Waals surface area contributed by atoms with Gasteiger partial charge in [0.25, 0.3) is 0 Å². The summed E-state index contributed by atoms with van der Waals surface area (Å²) in [4.78, 5) is 3.92. The highest BCUT2D eigenvalue weighted by atomic mass is 28.3. The van der Waals surface area contributed by atoms with Gasteiger partial charge in [0.2, 0.25) is 0 Å². The Morgan fingerprint density at radius 2 is 1.58 bits per heavy atom. The lowest BCUT2D eigenvalue weighted by Crippen LogP contribution is -2.41. The molecule has 0 bridgehead atoms. The third kappa shape index (κ3) is 3.70. The van der Waals surface area contributed by atoms with E-state index < -0.39 is 8.24 Å². The summed E-state index contributed by atoms with van der Waals surface area (Å²) in [5, 5.41) is 0. The first-order chi connectivity index (χ1) is 11.5. The maximum atomic E-state index is 3.92. The van der Waals surface area contributed by atoms with Gasteiger partial charge in [0.1, 0.15) is 0 Å². The molecular formula is C22H27NSi. The zero-order valence-corrected chi connectivity index (χ0v) is 16.1. The Hall–Kier alpha value is -2.06. The average molecular weight is 334 g/mol. The fourth-order valence-electron chi connectivity index (χ4n) is 3.38. The van der Waals surface area contributed by atoms with E-state index in [0.29, 0.717) is 5.54 Å². The Balaban J connectivity index is 1.75. The lowest BCUT2D eigenvalue weighted by Gasteiger charge is -2.31. The average Bonchev–Trinajstić information content (AvgIpc) is 3.02. The van der Waals surface area contributed by atoms with Crippen molar-refractivity contribution in [2.45, 2.75) is 38.9 Å². The first-order valence-electron chi connectivity index (χ1n) is 8.73. The van der Waals surface area contributed by atoms with Gasteiger partial charge in [-0.05, 0) is 42.5 Å². The van der Waals surface area contributed by atoms with Crippen LogP contribution in [0.25, 0.3) is 0 Å². The molecule has 0 spiro atoms. The summed E-state index contributed by atoms with van der Waals surface area (Å²) < 4.78 is 0. The van der Waals surface area contributed by atoms with Crippen LogP contribution in [-0.4, -0.2) is 8.24 Å². The topological polar surface area (TPSA) is 12.0 Å². The lowest BCUT2D eigenvalue weighted by molar-refractivity contribution is 1.18. The van der Waals surface area contributed by atoms with Crippen molar-refractivity contribution in [3.63, 3.8) is 0 Å². The summed E-state index contributed by atoms with van der Waals surface area (Å²) in [6, 6.07) is 17.3. The van der Waals surface area contributed by atoms with Crippen molar-refractivity contribution in [2.24, 2.45) is 0 Å². The molecule has 1 unspecified atom stereocenters. The molecule has 0 aromatic heterocycles. The molecule has 1 aliphatic rings. The number of anilines is 1. The minimum absolute atomic E-state index is 0.537. The van der Waals surface area contributed by atoms with E-state index in [1.54, 1.807) is 0 Å². The summed E-state index contributed by atoms with van der Waals surface area (Å²) in [5.41, 5.74) is 7.37. The van der Waals surface area contributed by atoms with Crippen LogP contribution < -0.4 is 4.98 Å². The lowest BCUT2D eigenvalue weighted by atomic mass is 10.1. The Bertz CT molecular complexity index is 752. The predicted octanol–water partition coefficient (Wildman–Crippen LogP) is 6.03. The largest absolute Gasteiger partial charge is 0.409 e. The van der Waals surface area contributed by atoms with Crippen LogP contribution in [0.15, 0.2) is 72.3 Å². The Labute approximate surface area is 147 Å². The summed E-state index contributed by atoms with van der Waals surface area (Å²) in [6.07, 6.45) is 8.21. The molecule has 2 aromatic rings. The molecule has 0 aliphatic heterocycles. The van der Waals surface area contributed by atoms with E-state index in [0.717, 1.165) is 6.42 Å². The van der Waals surface area contributed by atoms with Crippen LogP contribution in [0.4, 0.5) is 5.69 Å². The maximum absolute atomic E-state index is 3.92. The third-order valence-electron chi connectivity index (χ3n) is 4.92. The van der Waals surface area contributed by atoms with E-state index in [9.17, 15) is 0 Å². The molecule has 0 radical (unpaired) electrons. The van der Waals surface area contributed by atoms with E-state index >= 15 is 0 Å². The molecule has 2 heteroatoms. The van der Waals surface area contributed by atoms with Gasteiger partial charge in [0, 0.05) is 11.2 Å². The quantitative estimate of drug-likeness (QED) is 0.659. The molecule has 24 heavy (non-hydrogen) atoms. The minimum Gasteiger partial charge on any atom is -0.409 e. The molecule has 0 heterocycles. The van der Waals surface area contributed by atoms with Gasteiger partial charge >= 0.3 is 0 Å². The Morgan fingerprint density at radius 3 is 2.25 bits per heavy atom. The molecule has 1 atom stereocenters. The molecule has 0 saturated heterocycles. The van der Waals surface area contributed by atoms with Gasteiger partial charge in [0.05, 0.1) is 0 Å². The van der Waals surface area contributed by atoms with Gasteiger partial charge < -0.3 is 4.98 Å². The molecular weight excluding hydrogens is 306 g/mol. The normalized spacial score (nSPS) is 17.0. The van der Waals surface area contributed by atoms with Gasteiger partial charge in [-0.25, -0.2) is 0 Å². The standard InChI is InChI=1S/C22H27NSi/c1-17-9-8-10-18(2)22(17)23-24(3,4)21-14-13-20(16-21)15-19-11-6-5-7-12-19/h5-14,16,21,23H,15H2,1-4H3. The fourth-order valence-corrected chi connectivity index (χ4v) is 5.80. The number of nitrogens with one attached hydrogen (secondary N) is 1. The monoisotopic (exact) mass is 333 g/mol. The highest BCUT2D eigenvalue weighted by Crippen LogP contribution is 2.34. The molecule has 1 nitrogen and oxygen atoms in total. The van der Waals surface area contributed by atoms with Crippen LogP contribution in [-0.2, 0) is 6.42 Å². The number of rotatable bonds is 5. The van der Waals surface area contributed by atoms with Crippen LogP contribution in [0.5, 0.6) is 0 Å². The number of para-hydroxylation sites is 1. The second-order valence-corrected chi connectivity index (χ2v) is 11.8. The zero-order chi connectivity index (χ0) is 17.2. The second-order valence-electron chi connectivity index (χ2n) is 7.40. The molecule has 1 N–H and O–H groups in total. The van der Waals surface area contributed by atoms with Gasteiger partial charge in [-0.3, -0.25) is 0 Å². The van der Waals surface area contributed by atoms with E-state index in [1.165, 1.54) is 28.0 Å². The van der Waals surface area contributed by atoms with Crippen molar-refractivity contribution in [3.05, 3.63) is 89.0 Å². The van der Waals surface area contributed by atoms with Crippen LogP contribution in [0.2, 0.25) is 18.6 Å². The fraction of sp³-hybridized carbons (Fsp3) is 0.273. The zero-order valence-electron chi connectivity index (χ0n) is 15.1.